The van der Waals surface area contributed by atoms with Crippen LogP contribution in [-0.2, 0) is 5.41 Å². The lowest BCUT2D eigenvalue weighted by Gasteiger charge is -2.27. The van der Waals surface area contributed by atoms with Crippen molar-refractivity contribution in [3.63, 3.8) is 0 Å². The van der Waals surface area contributed by atoms with E-state index in [9.17, 15) is 0 Å². The van der Waals surface area contributed by atoms with Crippen molar-refractivity contribution in [2.75, 3.05) is 4.90 Å². The second kappa shape index (κ2) is 13.4. The Bertz CT molecular complexity index is 2570. The molecule has 2 heteroatoms. The first-order chi connectivity index (χ1) is 25.3. The minimum Gasteiger partial charge on any atom is -0.310 e. The Balaban J connectivity index is 1.24. The molecule has 2 nitrogen and oxygen atoms in total. The Hall–Kier alpha value is -6.38. The van der Waals surface area contributed by atoms with Crippen LogP contribution in [0.3, 0.4) is 0 Å². The molecule has 0 amide bonds. The second-order valence-corrected chi connectivity index (χ2v) is 14.5. The van der Waals surface area contributed by atoms with Crippen molar-refractivity contribution in [3.05, 3.63) is 200 Å². The molecule has 0 aliphatic heterocycles. The highest BCUT2D eigenvalue weighted by atomic mass is 15.1. The van der Waals surface area contributed by atoms with Gasteiger partial charge in [0.1, 0.15) is 0 Å². The molecule has 0 fully saturated rings. The van der Waals surface area contributed by atoms with Crippen molar-refractivity contribution in [2.45, 2.75) is 26.2 Å². The van der Waals surface area contributed by atoms with Gasteiger partial charge in [0.25, 0.3) is 0 Å². The van der Waals surface area contributed by atoms with Crippen LogP contribution in [0.2, 0.25) is 0 Å². The zero-order chi connectivity index (χ0) is 35.8. The Morgan fingerprint density at radius 2 is 1.08 bits per heavy atom. The van der Waals surface area contributed by atoms with E-state index < -0.39 is 0 Å². The fourth-order valence-electron chi connectivity index (χ4n) is 7.19. The molecular weight excluding hydrogens is 629 g/mol. The summed E-state index contributed by atoms with van der Waals surface area (Å²) < 4.78 is 2.39. The van der Waals surface area contributed by atoms with Gasteiger partial charge < -0.3 is 9.47 Å². The summed E-state index contributed by atoms with van der Waals surface area (Å²) in [5.41, 5.74) is 14.9. The van der Waals surface area contributed by atoms with Gasteiger partial charge in [-0.25, -0.2) is 0 Å². The third-order valence-electron chi connectivity index (χ3n) is 10.0. The third-order valence-corrected chi connectivity index (χ3v) is 10.0. The van der Waals surface area contributed by atoms with Crippen LogP contribution < -0.4 is 4.90 Å². The van der Waals surface area contributed by atoms with Crippen LogP contribution in [0.5, 0.6) is 0 Å². The first-order valence-electron chi connectivity index (χ1n) is 17.9. The van der Waals surface area contributed by atoms with Crippen molar-refractivity contribution < 1.29 is 0 Å². The van der Waals surface area contributed by atoms with Crippen molar-refractivity contribution in [2.24, 2.45) is 0 Å². The zero-order valence-corrected chi connectivity index (χ0v) is 30.1. The van der Waals surface area contributed by atoms with Crippen LogP contribution in [0.4, 0.5) is 17.1 Å². The lowest BCUT2D eigenvalue weighted by molar-refractivity contribution is 0.591. The van der Waals surface area contributed by atoms with Crippen molar-refractivity contribution in [1.29, 1.82) is 0 Å². The van der Waals surface area contributed by atoms with Crippen LogP contribution in [0.1, 0.15) is 31.9 Å². The van der Waals surface area contributed by atoms with Crippen LogP contribution >= 0.6 is 0 Å². The number of allylic oxidation sites excluding steroid dienone is 2. The smallest absolute Gasteiger partial charge is 0.0541 e. The van der Waals surface area contributed by atoms with Gasteiger partial charge in [0.2, 0.25) is 0 Å². The molecular formula is C50H42N2. The lowest BCUT2D eigenvalue weighted by atomic mass is 9.86. The van der Waals surface area contributed by atoms with E-state index in [1.807, 2.05) is 6.08 Å². The average Bonchev–Trinajstić information content (AvgIpc) is 3.52. The van der Waals surface area contributed by atoms with Gasteiger partial charge in [-0.15, -0.1) is 0 Å². The van der Waals surface area contributed by atoms with Crippen molar-refractivity contribution in [1.82, 2.24) is 4.57 Å². The summed E-state index contributed by atoms with van der Waals surface area (Å²) in [5.74, 6) is 0. The molecule has 0 saturated carbocycles. The molecule has 0 aliphatic rings. The van der Waals surface area contributed by atoms with Gasteiger partial charge >= 0.3 is 0 Å². The number of anilines is 3. The summed E-state index contributed by atoms with van der Waals surface area (Å²) >= 11 is 0. The monoisotopic (exact) mass is 670 g/mol. The van der Waals surface area contributed by atoms with Gasteiger partial charge in [0.05, 0.1) is 11.0 Å². The fraction of sp³-hybridized carbons (Fsp3) is 0.0800. The highest BCUT2D eigenvalue weighted by molar-refractivity contribution is 6.10. The first-order valence-corrected chi connectivity index (χ1v) is 17.9. The molecule has 1 heterocycles. The maximum absolute atomic E-state index is 4.23. The first kappa shape index (κ1) is 32.8. The number of hydrogen-bond acceptors (Lipinski definition) is 1. The topological polar surface area (TPSA) is 8.17 Å². The average molecular weight is 671 g/mol. The number of benzene rings is 7. The number of aromatic nitrogens is 1. The summed E-state index contributed by atoms with van der Waals surface area (Å²) in [6, 6.07) is 61.3. The van der Waals surface area contributed by atoms with Gasteiger partial charge in [-0.3, -0.25) is 0 Å². The highest BCUT2D eigenvalue weighted by Gasteiger charge is 2.19. The highest BCUT2D eigenvalue weighted by Crippen LogP contribution is 2.40. The van der Waals surface area contributed by atoms with Crippen LogP contribution in [-0.4, -0.2) is 4.57 Å². The lowest BCUT2D eigenvalue weighted by Crippen LogP contribution is -2.10. The quantitative estimate of drug-likeness (QED) is 0.146. The SMILES string of the molecule is C=CC(=C)c1cccc(N(c2ccc(-c3ccc4c(c3)c3cc(C(C)(C)C)ccc3n4-c3ccccc3)cc2)c2cccc(-c3ccccc3)c2)c1. The van der Waals surface area contributed by atoms with Crippen molar-refractivity contribution in [3.8, 4) is 27.9 Å². The number of rotatable bonds is 8. The summed E-state index contributed by atoms with van der Waals surface area (Å²) in [7, 11) is 0. The number of fused-ring (bicyclic) bond motifs is 3. The molecule has 0 atom stereocenters. The molecule has 7 aromatic carbocycles. The van der Waals surface area contributed by atoms with Crippen LogP contribution in [0, 0.1) is 0 Å². The zero-order valence-electron chi connectivity index (χ0n) is 30.1. The van der Waals surface area contributed by atoms with Gasteiger partial charge in [0, 0.05) is 33.5 Å². The maximum atomic E-state index is 4.23. The van der Waals surface area contributed by atoms with E-state index in [0.717, 1.165) is 28.2 Å². The van der Waals surface area contributed by atoms with Crippen LogP contribution in [0.15, 0.2) is 189 Å². The van der Waals surface area contributed by atoms with E-state index in [-0.39, 0.29) is 5.41 Å². The van der Waals surface area contributed by atoms with Crippen LogP contribution in [0.25, 0.3) is 55.3 Å². The Kier molecular flexibility index (Phi) is 8.45. The van der Waals surface area contributed by atoms with Crippen molar-refractivity contribution >= 4 is 44.4 Å². The number of nitrogens with zero attached hydrogens (tertiary/aromatic N) is 2. The molecule has 0 unspecified atom stereocenters. The molecule has 0 aliphatic carbocycles. The van der Waals surface area contributed by atoms with E-state index in [0.29, 0.717) is 0 Å². The molecule has 0 N–H and O–H groups in total. The van der Waals surface area contributed by atoms with E-state index in [1.165, 1.54) is 55.3 Å². The number of para-hydroxylation sites is 1. The molecule has 0 saturated heterocycles. The molecule has 0 spiro atoms. The molecule has 1 aromatic heterocycles. The molecule has 52 heavy (non-hydrogen) atoms. The van der Waals surface area contributed by atoms with E-state index in [1.54, 1.807) is 0 Å². The molecule has 8 rings (SSSR count). The van der Waals surface area contributed by atoms with Gasteiger partial charge in [-0.1, -0.05) is 137 Å². The third kappa shape index (κ3) is 6.14. The largest absolute Gasteiger partial charge is 0.310 e. The Labute approximate surface area is 307 Å². The normalized spacial score (nSPS) is 11.5. The molecule has 0 bridgehead atoms. The summed E-state index contributed by atoms with van der Waals surface area (Å²) in [5, 5.41) is 2.53. The van der Waals surface area contributed by atoms with Gasteiger partial charge in [-0.2, -0.15) is 0 Å². The van der Waals surface area contributed by atoms with E-state index >= 15 is 0 Å². The summed E-state index contributed by atoms with van der Waals surface area (Å²) in [6.45, 7) is 15.0. The van der Waals surface area contributed by atoms with E-state index in [4.69, 9.17) is 0 Å². The maximum Gasteiger partial charge on any atom is 0.0541 e. The fourth-order valence-corrected chi connectivity index (χ4v) is 7.19. The van der Waals surface area contributed by atoms with E-state index in [2.05, 4.69) is 213 Å². The predicted octanol–water partition coefficient (Wildman–Crippen LogP) is 14.1. The second-order valence-electron chi connectivity index (χ2n) is 14.5. The van der Waals surface area contributed by atoms with Gasteiger partial charge in [0.15, 0.2) is 0 Å². The summed E-state index contributed by atoms with van der Waals surface area (Å²) in [6.07, 6.45) is 1.81. The minimum absolute atomic E-state index is 0.0493. The predicted molar refractivity (Wildman–Crippen MR) is 224 cm³/mol. The van der Waals surface area contributed by atoms with Gasteiger partial charge in [-0.05, 0) is 117 Å². The molecule has 252 valence electrons. The molecule has 0 radical (unpaired) electrons. The standard InChI is InChI=1S/C50H42N2/c1-6-35(2)38-17-13-21-44(31-38)51(45-22-14-18-39(32-45)36-15-9-7-10-16-36)43-27-23-37(24-28-43)40-25-29-48-46(33-40)47-34-41(50(3,4)5)26-30-49(47)52(48)42-19-11-8-12-20-42/h6-34H,1-2H2,3-5H3. The Morgan fingerprint density at radius 1 is 0.519 bits per heavy atom. The summed E-state index contributed by atoms with van der Waals surface area (Å²) in [4.78, 5) is 2.32. The Morgan fingerprint density at radius 3 is 1.77 bits per heavy atom. The minimum atomic E-state index is 0.0493. The molecule has 8 aromatic rings. The number of hydrogen-bond donors (Lipinski definition) is 0.